The Bertz CT molecular complexity index is 714. The molecule has 1 N–H and O–H groups in total. The van der Waals surface area contributed by atoms with Crippen molar-refractivity contribution in [1.29, 1.82) is 0 Å². The van der Waals surface area contributed by atoms with Crippen LogP contribution in [0.2, 0.25) is 0 Å². The molecule has 0 fully saturated rings. The summed E-state index contributed by atoms with van der Waals surface area (Å²) in [5.74, 6) is 0.203. The van der Waals surface area contributed by atoms with Gasteiger partial charge in [-0.3, -0.25) is 4.90 Å². The van der Waals surface area contributed by atoms with Gasteiger partial charge in [0.15, 0.2) is 0 Å². The van der Waals surface area contributed by atoms with Crippen LogP contribution in [-0.4, -0.2) is 53.1 Å². The summed E-state index contributed by atoms with van der Waals surface area (Å²) in [6, 6.07) is 8.37. The molecule has 0 bridgehead atoms. The van der Waals surface area contributed by atoms with Crippen molar-refractivity contribution >= 4 is 0 Å². The Labute approximate surface area is 146 Å². The Balaban J connectivity index is 1.47. The number of rotatable bonds is 7. The third-order valence-electron chi connectivity index (χ3n) is 4.20. The van der Waals surface area contributed by atoms with Crippen molar-refractivity contribution in [3.05, 3.63) is 53.0 Å². The number of hydrogen-bond donors (Lipinski definition) is 1. The average Bonchev–Trinajstić information content (AvgIpc) is 2.62. The molecule has 6 nitrogen and oxygen atoms in total. The Morgan fingerprint density at radius 3 is 2.96 bits per heavy atom. The summed E-state index contributed by atoms with van der Waals surface area (Å²) in [6.45, 7) is 2.29. The molecular formula is C18H22FN3O3. The summed E-state index contributed by atoms with van der Waals surface area (Å²) < 4.78 is 24.1. The molecular weight excluding hydrogens is 325 g/mol. The van der Waals surface area contributed by atoms with Crippen LogP contribution in [0.4, 0.5) is 4.39 Å². The van der Waals surface area contributed by atoms with E-state index < -0.39 is 6.10 Å². The second-order valence-corrected chi connectivity index (χ2v) is 6.10. The lowest BCUT2D eigenvalue weighted by molar-refractivity contribution is 0.00686. The molecule has 0 saturated carbocycles. The number of β-amino-alcohol motifs (C(OH)–C–C–N with tert-alkyl or cyclic N) is 1. The lowest BCUT2D eigenvalue weighted by atomic mass is 10.1. The molecule has 0 radical (unpaired) electrons. The van der Waals surface area contributed by atoms with Crippen LogP contribution in [0.15, 0.2) is 30.3 Å². The van der Waals surface area contributed by atoms with Crippen LogP contribution in [0.5, 0.6) is 5.88 Å². The molecule has 1 aromatic heterocycles. The fourth-order valence-electron chi connectivity index (χ4n) is 2.89. The molecule has 1 atom stereocenters. The predicted molar refractivity (Wildman–Crippen MR) is 89.6 cm³/mol. The molecule has 0 saturated heterocycles. The van der Waals surface area contributed by atoms with Gasteiger partial charge < -0.3 is 14.6 Å². The maximum atomic E-state index is 13.5. The fraction of sp³-hybridized carbons (Fsp3) is 0.444. The van der Waals surface area contributed by atoms with Crippen molar-refractivity contribution in [2.75, 3.05) is 26.8 Å². The first-order valence-electron chi connectivity index (χ1n) is 8.26. The summed E-state index contributed by atoms with van der Waals surface area (Å²) in [6.07, 6.45) is 0.153. The molecule has 1 aromatic carbocycles. The number of aromatic nitrogens is 2. The Morgan fingerprint density at radius 2 is 2.16 bits per heavy atom. The first-order chi connectivity index (χ1) is 12.2. The molecule has 0 aliphatic carbocycles. The Hall–Kier alpha value is -2.09. The number of methoxy groups -OCH3 is 1. The van der Waals surface area contributed by atoms with E-state index >= 15 is 0 Å². The molecule has 0 unspecified atom stereocenters. The molecule has 0 spiro atoms. The summed E-state index contributed by atoms with van der Waals surface area (Å²) in [4.78, 5) is 2.14. The number of aliphatic hydroxyl groups is 1. The van der Waals surface area contributed by atoms with E-state index in [2.05, 4.69) is 15.1 Å². The Kier molecular flexibility index (Phi) is 5.91. The highest BCUT2D eigenvalue weighted by Crippen LogP contribution is 2.19. The molecule has 0 amide bonds. The highest BCUT2D eigenvalue weighted by Gasteiger charge is 2.21. The van der Waals surface area contributed by atoms with E-state index in [0.717, 1.165) is 24.2 Å². The maximum absolute atomic E-state index is 13.5. The van der Waals surface area contributed by atoms with E-state index in [-0.39, 0.29) is 19.0 Å². The third kappa shape index (κ3) is 4.72. The summed E-state index contributed by atoms with van der Waals surface area (Å²) in [5.41, 5.74) is 2.53. The van der Waals surface area contributed by atoms with Crippen LogP contribution in [0.1, 0.15) is 16.8 Å². The van der Waals surface area contributed by atoms with Gasteiger partial charge in [0, 0.05) is 37.7 Å². The van der Waals surface area contributed by atoms with Crippen molar-refractivity contribution in [3.63, 3.8) is 0 Å². The zero-order valence-corrected chi connectivity index (χ0v) is 14.2. The molecule has 2 aromatic rings. The molecule has 134 valence electrons. The van der Waals surface area contributed by atoms with Crippen molar-refractivity contribution < 1.29 is 19.0 Å². The number of hydrogen-bond acceptors (Lipinski definition) is 6. The minimum Gasteiger partial charge on any atom is -0.480 e. The molecule has 25 heavy (non-hydrogen) atoms. The maximum Gasteiger partial charge on any atom is 0.233 e. The summed E-state index contributed by atoms with van der Waals surface area (Å²) >= 11 is 0. The van der Waals surface area contributed by atoms with Crippen molar-refractivity contribution in [2.45, 2.75) is 25.7 Å². The highest BCUT2D eigenvalue weighted by atomic mass is 19.1. The average molecular weight is 347 g/mol. The number of halogens is 1. The monoisotopic (exact) mass is 347 g/mol. The number of aliphatic hydroxyl groups excluding tert-OH is 1. The minimum atomic E-state index is -0.634. The second kappa shape index (κ2) is 8.33. The number of ether oxygens (including phenoxy) is 2. The van der Waals surface area contributed by atoms with Gasteiger partial charge >= 0.3 is 0 Å². The Morgan fingerprint density at radius 1 is 1.32 bits per heavy atom. The normalized spacial score (nSPS) is 15.6. The summed E-state index contributed by atoms with van der Waals surface area (Å²) in [7, 11) is 1.56. The quantitative estimate of drug-likeness (QED) is 0.820. The van der Waals surface area contributed by atoms with Crippen molar-refractivity contribution in [3.8, 4) is 5.88 Å². The van der Waals surface area contributed by atoms with Crippen LogP contribution >= 0.6 is 0 Å². The molecule has 1 aliphatic rings. The van der Waals surface area contributed by atoms with Gasteiger partial charge in [-0.05, 0) is 11.6 Å². The van der Waals surface area contributed by atoms with Crippen LogP contribution in [0.25, 0.3) is 0 Å². The van der Waals surface area contributed by atoms with E-state index in [4.69, 9.17) is 9.47 Å². The van der Waals surface area contributed by atoms with Crippen LogP contribution in [0, 0.1) is 5.82 Å². The lowest BCUT2D eigenvalue weighted by Gasteiger charge is -2.29. The highest BCUT2D eigenvalue weighted by molar-refractivity contribution is 5.26. The van der Waals surface area contributed by atoms with Gasteiger partial charge in [0.1, 0.15) is 5.82 Å². The van der Waals surface area contributed by atoms with Gasteiger partial charge in [-0.1, -0.05) is 18.2 Å². The number of nitrogens with zero attached hydrogens (tertiary/aromatic N) is 3. The molecule has 2 heterocycles. The summed E-state index contributed by atoms with van der Waals surface area (Å²) in [5, 5.41) is 18.3. The SMILES string of the molecule is COc1cc2c(nn1)CCN(C[C@@H](O)COCc1ccccc1F)C2. The zero-order valence-electron chi connectivity index (χ0n) is 14.2. The predicted octanol–water partition coefficient (Wildman–Crippen LogP) is 1.56. The van der Waals surface area contributed by atoms with Crippen LogP contribution < -0.4 is 4.74 Å². The van der Waals surface area contributed by atoms with Gasteiger partial charge in [0.05, 0.1) is 32.1 Å². The molecule has 3 rings (SSSR count). The van der Waals surface area contributed by atoms with Gasteiger partial charge in [-0.25, -0.2) is 4.39 Å². The largest absolute Gasteiger partial charge is 0.480 e. The zero-order chi connectivity index (χ0) is 17.6. The number of fused-ring (bicyclic) bond motifs is 1. The van der Waals surface area contributed by atoms with Gasteiger partial charge in [-0.2, -0.15) is 5.10 Å². The van der Waals surface area contributed by atoms with Crippen molar-refractivity contribution in [1.82, 2.24) is 15.1 Å². The topological polar surface area (TPSA) is 67.7 Å². The lowest BCUT2D eigenvalue weighted by Crippen LogP contribution is -2.38. The smallest absolute Gasteiger partial charge is 0.233 e. The van der Waals surface area contributed by atoms with E-state index in [9.17, 15) is 9.50 Å². The first-order valence-corrected chi connectivity index (χ1v) is 8.26. The van der Waals surface area contributed by atoms with Crippen LogP contribution in [0.3, 0.4) is 0 Å². The van der Waals surface area contributed by atoms with E-state index in [1.807, 2.05) is 6.07 Å². The van der Waals surface area contributed by atoms with Gasteiger partial charge in [-0.15, -0.1) is 5.10 Å². The minimum absolute atomic E-state index is 0.152. The first kappa shape index (κ1) is 17.7. The number of benzene rings is 1. The third-order valence-corrected chi connectivity index (χ3v) is 4.20. The molecule has 1 aliphatic heterocycles. The van der Waals surface area contributed by atoms with Gasteiger partial charge in [0.25, 0.3) is 0 Å². The fourth-order valence-corrected chi connectivity index (χ4v) is 2.89. The van der Waals surface area contributed by atoms with E-state index in [0.29, 0.717) is 24.5 Å². The van der Waals surface area contributed by atoms with Crippen molar-refractivity contribution in [2.24, 2.45) is 0 Å². The van der Waals surface area contributed by atoms with E-state index in [1.54, 1.807) is 25.3 Å². The second-order valence-electron chi connectivity index (χ2n) is 6.10. The molecule has 7 heteroatoms. The standard InChI is InChI=1S/C18H22FN3O3/c1-24-18-8-14-9-22(7-6-17(14)20-21-18)10-15(23)12-25-11-13-4-2-3-5-16(13)19/h2-5,8,15,23H,6-7,9-12H2,1H3/t15-/m1/s1. The van der Waals surface area contributed by atoms with Gasteiger partial charge in [0.2, 0.25) is 5.88 Å². The van der Waals surface area contributed by atoms with Crippen LogP contribution in [-0.2, 0) is 24.3 Å². The van der Waals surface area contributed by atoms with E-state index in [1.165, 1.54) is 6.07 Å².